The lowest BCUT2D eigenvalue weighted by atomic mass is 10.2. The first-order chi connectivity index (χ1) is 14.4. The van der Waals surface area contributed by atoms with E-state index in [1.807, 2.05) is 0 Å². The fourth-order valence-electron chi connectivity index (χ4n) is 2.59. The van der Waals surface area contributed by atoms with Gasteiger partial charge in [0, 0.05) is 5.56 Å². The summed E-state index contributed by atoms with van der Waals surface area (Å²) in [5.74, 6) is -1.46. The maximum absolute atomic E-state index is 12.7. The number of carboxylic acid groups (broad SMARTS) is 1. The third-order valence-corrected chi connectivity index (χ3v) is 5.45. The van der Waals surface area contributed by atoms with Crippen molar-refractivity contribution in [3.63, 3.8) is 0 Å². The number of aliphatic carboxylic acids is 1. The number of hydrazine groups is 1. The highest BCUT2D eigenvalue weighted by atomic mass is 32.2. The van der Waals surface area contributed by atoms with Crippen molar-refractivity contribution in [3.8, 4) is 5.75 Å². The zero-order chi connectivity index (χ0) is 21.7. The number of hydrogen-bond donors (Lipinski definition) is 2. The number of carboxylic acids is 1. The predicted molar refractivity (Wildman–Crippen MR) is 118 cm³/mol. The number of amides is 2. The van der Waals surface area contributed by atoms with Crippen LogP contribution in [0.25, 0.3) is 6.08 Å². The Hall–Kier alpha value is -3.17. The molecule has 1 aliphatic rings. The van der Waals surface area contributed by atoms with Crippen molar-refractivity contribution >= 4 is 52.2 Å². The molecule has 1 atom stereocenters. The van der Waals surface area contributed by atoms with E-state index in [4.69, 9.17) is 22.1 Å². The Balaban J connectivity index is 1.69. The van der Waals surface area contributed by atoms with E-state index in [0.29, 0.717) is 28.2 Å². The fourth-order valence-corrected chi connectivity index (χ4v) is 3.77. The molecule has 1 fully saturated rings. The Labute approximate surface area is 182 Å². The van der Waals surface area contributed by atoms with Gasteiger partial charge in [-0.3, -0.25) is 15.0 Å². The standard InChI is InChI=1S/C21H18N2O5S2/c1-2-16(20(26)27)28-15-10-8-13(9-11-15)12-17-19(25)23(21(29)30-17)22-18(24)14-6-4-3-5-7-14/h3-12,16H,2H2,1H3,(H,22,24)(H,26,27)/b17-12+. The number of nitrogens with zero attached hydrogens (tertiary/aromatic N) is 1. The summed E-state index contributed by atoms with van der Waals surface area (Å²) in [6.07, 6.45) is 1.07. The van der Waals surface area contributed by atoms with E-state index in [2.05, 4.69) is 5.43 Å². The van der Waals surface area contributed by atoms with Crippen molar-refractivity contribution in [1.29, 1.82) is 0 Å². The molecule has 9 heteroatoms. The molecule has 2 aromatic carbocycles. The largest absolute Gasteiger partial charge is 0.479 e. The van der Waals surface area contributed by atoms with E-state index in [9.17, 15) is 14.4 Å². The van der Waals surface area contributed by atoms with Gasteiger partial charge in [0.15, 0.2) is 10.4 Å². The lowest BCUT2D eigenvalue weighted by molar-refractivity contribution is -0.145. The monoisotopic (exact) mass is 442 g/mol. The van der Waals surface area contributed by atoms with Crippen LogP contribution in [0.2, 0.25) is 0 Å². The number of nitrogens with one attached hydrogen (secondary N) is 1. The molecule has 7 nitrogen and oxygen atoms in total. The third-order valence-electron chi connectivity index (χ3n) is 4.15. The zero-order valence-corrected chi connectivity index (χ0v) is 17.5. The molecule has 0 spiro atoms. The smallest absolute Gasteiger partial charge is 0.344 e. The SMILES string of the molecule is CCC(Oc1ccc(/C=C2/SC(=S)N(NC(=O)c3ccccc3)C2=O)cc1)C(=O)O. The molecule has 0 aliphatic carbocycles. The molecule has 0 aromatic heterocycles. The zero-order valence-electron chi connectivity index (χ0n) is 15.9. The van der Waals surface area contributed by atoms with E-state index in [1.54, 1.807) is 67.6 Å². The first kappa shape index (κ1) is 21.5. The first-order valence-corrected chi connectivity index (χ1v) is 10.2. The van der Waals surface area contributed by atoms with Gasteiger partial charge in [-0.05, 0) is 54.5 Å². The van der Waals surface area contributed by atoms with Crippen molar-refractivity contribution < 1.29 is 24.2 Å². The van der Waals surface area contributed by atoms with Crippen LogP contribution in [0, 0.1) is 0 Å². The van der Waals surface area contributed by atoms with Crippen LogP contribution in [0.3, 0.4) is 0 Å². The number of carbonyl (C=O) groups is 3. The van der Waals surface area contributed by atoms with Crippen molar-refractivity contribution in [2.75, 3.05) is 0 Å². The van der Waals surface area contributed by atoms with Gasteiger partial charge in [-0.25, -0.2) is 4.79 Å². The van der Waals surface area contributed by atoms with Crippen LogP contribution in [0.1, 0.15) is 29.3 Å². The van der Waals surface area contributed by atoms with Gasteiger partial charge >= 0.3 is 5.97 Å². The molecule has 2 amide bonds. The second-order valence-electron chi connectivity index (χ2n) is 6.25. The van der Waals surface area contributed by atoms with E-state index < -0.39 is 23.9 Å². The average molecular weight is 443 g/mol. The van der Waals surface area contributed by atoms with Crippen molar-refractivity contribution in [2.45, 2.75) is 19.4 Å². The van der Waals surface area contributed by atoms with E-state index in [1.165, 1.54) is 0 Å². The van der Waals surface area contributed by atoms with Crippen molar-refractivity contribution in [3.05, 3.63) is 70.6 Å². The highest BCUT2D eigenvalue weighted by molar-refractivity contribution is 8.26. The second kappa shape index (κ2) is 9.55. The number of thiocarbonyl (C=S) groups is 1. The maximum atomic E-state index is 12.7. The fraction of sp³-hybridized carbons (Fsp3) is 0.143. The average Bonchev–Trinajstić information content (AvgIpc) is 3.00. The van der Waals surface area contributed by atoms with Crippen molar-refractivity contribution in [2.24, 2.45) is 0 Å². The summed E-state index contributed by atoms with van der Waals surface area (Å²) in [6.45, 7) is 1.73. The van der Waals surface area contributed by atoms with E-state index in [-0.39, 0.29) is 4.32 Å². The highest BCUT2D eigenvalue weighted by Gasteiger charge is 2.33. The molecule has 1 saturated heterocycles. The van der Waals surface area contributed by atoms with Crippen LogP contribution >= 0.6 is 24.0 Å². The summed E-state index contributed by atoms with van der Waals surface area (Å²) in [5, 5.41) is 10.1. The summed E-state index contributed by atoms with van der Waals surface area (Å²) in [6, 6.07) is 15.2. The molecule has 154 valence electrons. The van der Waals surface area contributed by atoms with Gasteiger partial charge in [-0.15, -0.1) is 0 Å². The quantitative estimate of drug-likeness (QED) is 0.501. The minimum absolute atomic E-state index is 0.225. The minimum atomic E-state index is -1.03. The Morgan fingerprint density at radius 2 is 1.87 bits per heavy atom. The van der Waals surface area contributed by atoms with Gasteiger partial charge < -0.3 is 9.84 Å². The Morgan fingerprint density at radius 1 is 1.20 bits per heavy atom. The van der Waals surface area contributed by atoms with Gasteiger partial charge in [0.1, 0.15) is 5.75 Å². The predicted octanol–water partition coefficient (Wildman–Crippen LogP) is 3.47. The summed E-state index contributed by atoms with van der Waals surface area (Å²) in [5.41, 5.74) is 3.65. The van der Waals surface area contributed by atoms with Gasteiger partial charge in [0.25, 0.3) is 11.8 Å². The van der Waals surface area contributed by atoms with Crippen LogP contribution in [0.15, 0.2) is 59.5 Å². The van der Waals surface area contributed by atoms with E-state index in [0.717, 1.165) is 16.8 Å². The van der Waals surface area contributed by atoms with Crippen LogP contribution < -0.4 is 10.2 Å². The molecule has 2 N–H and O–H groups in total. The third kappa shape index (κ3) is 5.05. The molecule has 1 aliphatic heterocycles. The van der Waals surface area contributed by atoms with Gasteiger partial charge in [-0.1, -0.05) is 49.0 Å². The van der Waals surface area contributed by atoms with Crippen LogP contribution in [0.4, 0.5) is 0 Å². The number of benzene rings is 2. The number of carbonyl (C=O) groups excluding carboxylic acids is 2. The topological polar surface area (TPSA) is 95.9 Å². The highest BCUT2D eigenvalue weighted by Crippen LogP contribution is 2.31. The Bertz CT molecular complexity index is 1010. The number of thioether (sulfide) groups is 1. The Kier molecular flexibility index (Phi) is 6.86. The minimum Gasteiger partial charge on any atom is -0.479 e. The molecule has 1 heterocycles. The van der Waals surface area contributed by atoms with Crippen molar-refractivity contribution in [1.82, 2.24) is 10.4 Å². The van der Waals surface area contributed by atoms with Crippen LogP contribution in [-0.2, 0) is 9.59 Å². The summed E-state index contributed by atoms with van der Waals surface area (Å²) >= 11 is 6.30. The number of rotatable bonds is 7. The molecule has 0 bridgehead atoms. The first-order valence-electron chi connectivity index (χ1n) is 9.02. The Morgan fingerprint density at radius 3 is 2.47 bits per heavy atom. The second-order valence-corrected chi connectivity index (χ2v) is 7.92. The molecule has 0 saturated carbocycles. The van der Waals surface area contributed by atoms with E-state index >= 15 is 0 Å². The molecule has 2 aromatic rings. The number of ether oxygens (including phenoxy) is 1. The lowest BCUT2D eigenvalue weighted by Gasteiger charge is -2.15. The summed E-state index contributed by atoms with van der Waals surface area (Å²) in [7, 11) is 0. The lowest BCUT2D eigenvalue weighted by Crippen LogP contribution is -2.44. The number of hydrogen-bond acceptors (Lipinski definition) is 6. The molecule has 0 radical (unpaired) electrons. The van der Waals surface area contributed by atoms with Crippen LogP contribution in [-0.4, -0.2) is 38.3 Å². The normalized spacial score (nSPS) is 15.9. The van der Waals surface area contributed by atoms with Gasteiger partial charge in [-0.2, -0.15) is 5.01 Å². The molecule has 1 unspecified atom stereocenters. The summed E-state index contributed by atoms with van der Waals surface area (Å²) in [4.78, 5) is 36.4. The van der Waals surface area contributed by atoms with Gasteiger partial charge in [0.2, 0.25) is 0 Å². The van der Waals surface area contributed by atoms with Crippen LogP contribution in [0.5, 0.6) is 5.75 Å². The molecular weight excluding hydrogens is 424 g/mol. The molecule has 3 rings (SSSR count). The maximum Gasteiger partial charge on any atom is 0.344 e. The molecule has 30 heavy (non-hydrogen) atoms. The molecular formula is C21H18N2O5S2. The summed E-state index contributed by atoms with van der Waals surface area (Å²) < 4.78 is 5.65. The van der Waals surface area contributed by atoms with Gasteiger partial charge in [0.05, 0.1) is 4.91 Å².